The lowest BCUT2D eigenvalue weighted by molar-refractivity contribution is 0.300. The van der Waals surface area contributed by atoms with Crippen molar-refractivity contribution in [2.45, 2.75) is 13.5 Å². The highest BCUT2D eigenvalue weighted by atomic mass is 16.5. The van der Waals surface area contributed by atoms with Gasteiger partial charge in [0.05, 0.1) is 18.7 Å². The van der Waals surface area contributed by atoms with Crippen LogP contribution in [0.3, 0.4) is 0 Å². The van der Waals surface area contributed by atoms with E-state index in [0.29, 0.717) is 13.2 Å². The Morgan fingerprint density at radius 1 is 0.905 bits per heavy atom. The molecular formula is C18H19NO2. The average Bonchev–Trinajstić information content (AvgIpc) is 2.93. The lowest BCUT2D eigenvalue weighted by atomic mass is 10.2. The van der Waals surface area contributed by atoms with Crippen LogP contribution in [0.5, 0.6) is 11.5 Å². The molecule has 2 aromatic carbocycles. The Morgan fingerprint density at radius 2 is 1.76 bits per heavy atom. The normalized spacial score (nSPS) is 10.7. The van der Waals surface area contributed by atoms with Gasteiger partial charge in [0.1, 0.15) is 18.1 Å². The summed E-state index contributed by atoms with van der Waals surface area (Å²) in [5.74, 6) is 1.85. The van der Waals surface area contributed by atoms with Gasteiger partial charge >= 0.3 is 0 Å². The molecule has 0 radical (unpaired) electrons. The molecule has 3 heteroatoms. The van der Waals surface area contributed by atoms with Crippen molar-refractivity contribution in [3.63, 3.8) is 0 Å². The lowest BCUT2D eigenvalue weighted by Gasteiger charge is -2.09. The quantitative estimate of drug-likeness (QED) is 0.678. The van der Waals surface area contributed by atoms with E-state index >= 15 is 0 Å². The summed E-state index contributed by atoms with van der Waals surface area (Å²) in [6.07, 6.45) is 2.08. The van der Waals surface area contributed by atoms with Gasteiger partial charge in [-0.25, -0.2) is 0 Å². The summed E-state index contributed by atoms with van der Waals surface area (Å²) in [6, 6.07) is 18.1. The number of rotatable bonds is 6. The molecule has 3 aromatic rings. The summed E-state index contributed by atoms with van der Waals surface area (Å²) in [7, 11) is 0. The third-order valence-electron chi connectivity index (χ3n) is 3.42. The second kappa shape index (κ2) is 6.35. The Kier molecular flexibility index (Phi) is 4.10. The third-order valence-corrected chi connectivity index (χ3v) is 3.42. The van der Waals surface area contributed by atoms with Crippen molar-refractivity contribution in [3.05, 3.63) is 60.8 Å². The van der Waals surface area contributed by atoms with E-state index in [1.807, 2.05) is 49.4 Å². The Hall–Kier alpha value is -2.42. The molecule has 0 spiro atoms. The Morgan fingerprint density at radius 3 is 2.57 bits per heavy atom. The van der Waals surface area contributed by atoms with E-state index in [9.17, 15) is 0 Å². The molecule has 1 aromatic heterocycles. The van der Waals surface area contributed by atoms with Gasteiger partial charge in [-0.1, -0.05) is 24.3 Å². The van der Waals surface area contributed by atoms with Crippen LogP contribution in [-0.2, 0) is 6.54 Å². The molecule has 0 amide bonds. The van der Waals surface area contributed by atoms with Crippen molar-refractivity contribution in [1.82, 2.24) is 4.57 Å². The minimum absolute atomic E-state index is 0.645. The zero-order valence-electron chi connectivity index (χ0n) is 12.2. The maximum absolute atomic E-state index is 5.75. The van der Waals surface area contributed by atoms with Gasteiger partial charge in [0, 0.05) is 11.6 Å². The van der Waals surface area contributed by atoms with E-state index in [4.69, 9.17) is 9.47 Å². The van der Waals surface area contributed by atoms with Crippen molar-refractivity contribution in [2.24, 2.45) is 0 Å². The van der Waals surface area contributed by atoms with Gasteiger partial charge in [-0.3, -0.25) is 0 Å². The first-order valence-corrected chi connectivity index (χ1v) is 7.27. The molecule has 0 atom stereocenters. The average molecular weight is 281 g/mol. The molecule has 0 aliphatic rings. The van der Waals surface area contributed by atoms with Gasteiger partial charge in [0.25, 0.3) is 0 Å². The van der Waals surface area contributed by atoms with E-state index in [0.717, 1.165) is 23.4 Å². The SMILES string of the molecule is CCOc1cccc2c1ccn2CCOc1ccccc1. The topological polar surface area (TPSA) is 23.4 Å². The number of benzene rings is 2. The number of ether oxygens (including phenoxy) is 2. The summed E-state index contributed by atoms with van der Waals surface area (Å²) in [4.78, 5) is 0. The van der Waals surface area contributed by atoms with Gasteiger partial charge in [-0.15, -0.1) is 0 Å². The fourth-order valence-electron chi connectivity index (χ4n) is 2.45. The molecule has 0 fully saturated rings. The fourth-order valence-corrected chi connectivity index (χ4v) is 2.45. The largest absolute Gasteiger partial charge is 0.493 e. The van der Waals surface area contributed by atoms with Crippen molar-refractivity contribution >= 4 is 10.9 Å². The van der Waals surface area contributed by atoms with Gasteiger partial charge in [-0.05, 0) is 37.3 Å². The Balaban J connectivity index is 1.71. The number of nitrogens with zero attached hydrogens (tertiary/aromatic N) is 1. The zero-order valence-corrected chi connectivity index (χ0v) is 12.2. The monoisotopic (exact) mass is 281 g/mol. The fraction of sp³-hybridized carbons (Fsp3) is 0.222. The maximum Gasteiger partial charge on any atom is 0.128 e. The molecule has 1 heterocycles. The first-order valence-electron chi connectivity index (χ1n) is 7.27. The van der Waals surface area contributed by atoms with E-state index < -0.39 is 0 Å². The van der Waals surface area contributed by atoms with E-state index in [-0.39, 0.29) is 0 Å². The molecule has 3 nitrogen and oxygen atoms in total. The van der Waals surface area contributed by atoms with Gasteiger partial charge in [-0.2, -0.15) is 0 Å². The van der Waals surface area contributed by atoms with Crippen LogP contribution in [0, 0.1) is 0 Å². The molecule has 0 aliphatic heterocycles. The van der Waals surface area contributed by atoms with E-state index in [1.165, 1.54) is 5.52 Å². The van der Waals surface area contributed by atoms with Gasteiger partial charge in [0.2, 0.25) is 0 Å². The molecular weight excluding hydrogens is 262 g/mol. The van der Waals surface area contributed by atoms with Crippen LogP contribution in [-0.4, -0.2) is 17.8 Å². The van der Waals surface area contributed by atoms with Crippen LogP contribution in [0.4, 0.5) is 0 Å². The summed E-state index contributed by atoms with van der Waals surface area (Å²) < 4.78 is 13.6. The van der Waals surface area contributed by atoms with Gasteiger partial charge < -0.3 is 14.0 Å². The van der Waals surface area contributed by atoms with Crippen LogP contribution in [0.1, 0.15) is 6.92 Å². The molecule has 0 aliphatic carbocycles. The van der Waals surface area contributed by atoms with Crippen LogP contribution >= 0.6 is 0 Å². The van der Waals surface area contributed by atoms with Crippen molar-refractivity contribution < 1.29 is 9.47 Å². The molecule has 0 unspecified atom stereocenters. The smallest absolute Gasteiger partial charge is 0.128 e. The molecule has 0 saturated heterocycles. The second-order valence-electron chi connectivity index (χ2n) is 4.79. The predicted octanol–water partition coefficient (Wildman–Crippen LogP) is 4.12. The highest BCUT2D eigenvalue weighted by Crippen LogP contribution is 2.26. The van der Waals surface area contributed by atoms with Crippen molar-refractivity contribution in [3.8, 4) is 11.5 Å². The number of hydrogen-bond acceptors (Lipinski definition) is 2. The molecule has 3 rings (SSSR count). The zero-order chi connectivity index (χ0) is 14.5. The molecule has 0 bridgehead atoms. The lowest BCUT2D eigenvalue weighted by Crippen LogP contribution is -2.07. The van der Waals surface area contributed by atoms with Crippen LogP contribution in [0.25, 0.3) is 10.9 Å². The van der Waals surface area contributed by atoms with Crippen LogP contribution in [0.2, 0.25) is 0 Å². The molecule has 0 saturated carbocycles. The van der Waals surface area contributed by atoms with E-state index in [1.54, 1.807) is 0 Å². The number of para-hydroxylation sites is 1. The van der Waals surface area contributed by atoms with Crippen molar-refractivity contribution in [1.29, 1.82) is 0 Å². The van der Waals surface area contributed by atoms with E-state index in [2.05, 4.69) is 22.9 Å². The summed E-state index contributed by atoms with van der Waals surface area (Å²) >= 11 is 0. The highest BCUT2D eigenvalue weighted by Gasteiger charge is 2.06. The van der Waals surface area contributed by atoms with Crippen LogP contribution in [0.15, 0.2) is 60.8 Å². The highest BCUT2D eigenvalue weighted by molar-refractivity contribution is 5.86. The number of hydrogen-bond donors (Lipinski definition) is 0. The van der Waals surface area contributed by atoms with Crippen LogP contribution < -0.4 is 9.47 Å². The standard InChI is InChI=1S/C18H19NO2/c1-2-20-18-10-6-9-17-16(18)11-12-19(17)13-14-21-15-7-4-3-5-8-15/h3-12H,2,13-14H2,1H3. The molecule has 108 valence electrons. The summed E-state index contributed by atoms with van der Waals surface area (Å²) in [5, 5.41) is 1.15. The third kappa shape index (κ3) is 3.02. The summed E-state index contributed by atoms with van der Waals surface area (Å²) in [5.41, 5.74) is 1.18. The minimum atomic E-state index is 0.645. The maximum atomic E-state index is 5.75. The Labute approximate surface area is 124 Å². The van der Waals surface area contributed by atoms with Crippen molar-refractivity contribution in [2.75, 3.05) is 13.2 Å². The number of fused-ring (bicyclic) bond motifs is 1. The first kappa shape index (κ1) is 13.6. The summed E-state index contributed by atoms with van der Waals surface area (Å²) in [6.45, 7) is 4.14. The minimum Gasteiger partial charge on any atom is -0.493 e. The van der Waals surface area contributed by atoms with Gasteiger partial charge in [0.15, 0.2) is 0 Å². The molecule has 0 N–H and O–H groups in total. The first-order chi connectivity index (χ1) is 10.4. The predicted molar refractivity (Wildman–Crippen MR) is 85.0 cm³/mol. The second-order valence-corrected chi connectivity index (χ2v) is 4.79. The molecule has 21 heavy (non-hydrogen) atoms. The Bertz CT molecular complexity index is 704. The number of aromatic nitrogens is 1.